The molecule has 3 rings (SSSR count). The molecule has 0 bridgehead atoms. The Balaban J connectivity index is 1.73. The van der Waals surface area contributed by atoms with E-state index in [1.54, 1.807) is 12.3 Å². The predicted octanol–water partition coefficient (Wildman–Crippen LogP) is 2.34. The molecule has 1 aromatic heterocycles. The van der Waals surface area contributed by atoms with Gasteiger partial charge in [-0.25, -0.2) is 4.68 Å². The summed E-state index contributed by atoms with van der Waals surface area (Å²) in [7, 11) is 0. The maximum Gasteiger partial charge on any atom is 0.275 e. The highest BCUT2D eigenvalue weighted by molar-refractivity contribution is 5.81. The topological polar surface area (TPSA) is 64.0 Å². The first-order chi connectivity index (χ1) is 11.1. The second-order valence-corrected chi connectivity index (χ2v) is 6.64. The molecule has 0 saturated heterocycles. The van der Waals surface area contributed by atoms with Gasteiger partial charge < -0.3 is 5.32 Å². The predicted molar refractivity (Wildman–Crippen MR) is 90.1 cm³/mol. The van der Waals surface area contributed by atoms with Gasteiger partial charge in [-0.1, -0.05) is 44.9 Å². The molecule has 1 heterocycles. The zero-order chi connectivity index (χ0) is 16.4. The van der Waals surface area contributed by atoms with E-state index < -0.39 is 0 Å². The summed E-state index contributed by atoms with van der Waals surface area (Å²) in [5.41, 5.74) is -0.219. The monoisotopic (exact) mass is 313 g/mol. The van der Waals surface area contributed by atoms with E-state index in [9.17, 15) is 9.59 Å². The molecule has 1 amide bonds. The lowest BCUT2D eigenvalue weighted by Gasteiger charge is -2.34. The lowest BCUT2D eigenvalue weighted by atomic mass is 9.78. The lowest BCUT2D eigenvalue weighted by Crippen LogP contribution is -2.45. The number of fused-ring (bicyclic) bond motifs is 1. The van der Waals surface area contributed by atoms with Crippen LogP contribution in [0.3, 0.4) is 0 Å². The molecule has 0 radical (unpaired) electrons. The average Bonchev–Trinajstić information content (AvgIpc) is 2.55. The van der Waals surface area contributed by atoms with Crippen LogP contribution in [0, 0.1) is 11.8 Å². The van der Waals surface area contributed by atoms with Crippen molar-refractivity contribution in [1.29, 1.82) is 0 Å². The Morgan fingerprint density at radius 2 is 2.09 bits per heavy atom. The standard InChI is InChI=1S/C18H23N3O2/c1-12-6-5-9-16(13(12)2)20-17(22)11-21-18(23)15-8-4-3-7-14(15)10-19-21/h3-4,7-8,10,12-13,16H,5-6,9,11H2,1-2H3,(H,20,22). The van der Waals surface area contributed by atoms with Crippen LogP contribution in [0.5, 0.6) is 0 Å². The van der Waals surface area contributed by atoms with Crippen LogP contribution in [-0.2, 0) is 11.3 Å². The second kappa shape index (κ2) is 6.52. The number of carbonyl (C=O) groups is 1. The van der Waals surface area contributed by atoms with Gasteiger partial charge in [-0.15, -0.1) is 0 Å². The van der Waals surface area contributed by atoms with Gasteiger partial charge in [0.05, 0.1) is 11.6 Å². The number of benzene rings is 1. The highest BCUT2D eigenvalue weighted by atomic mass is 16.2. The number of carbonyl (C=O) groups excluding carboxylic acids is 1. The van der Waals surface area contributed by atoms with Gasteiger partial charge in [0.1, 0.15) is 6.54 Å². The molecule has 1 aliphatic rings. The molecule has 1 N–H and O–H groups in total. The highest BCUT2D eigenvalue weighted by Crippen LogP contribution is 2.29. The van der Waals surface area contributed by atoms with E-state index in [4.69, 9.17) is 0 Å². The summed E-state index contributed by atoms with van der Waals surface area (Å²) in [4.78, 5) is 24.7. The molecule has 1 fully saturated rings. The van der Waals surface area contributed by atoms with Crippen LogP contribution >= 0.6 is 0 Å². The van der Waals surface area contributed by atoms with E-state index in [1.165, 1.54) is 11.1 Å². The quantitative estimate of drug-likeness (QED) is 0.946. The fourth-order valence-corrected chi connectivity index (χ4v) is 3.41. The fourth-order valence-electron chi connectivity index (χ4n) is 3.41. The maximum absolute atomic E-state index is 12.4. The summed E-state index contributed by atoms with van der Waals surface area (Å²) in [6.07, 6.45) is 5.01. The second-order valence-electron chi connectivity index (χ2n) is 6.64. The minimum absolute atomic E-state index is 0.0265. The Labute approximate surface area is 135 Å². The van der Waals surface area contributed by atoms with Crippen molar-refractivity contribution in [2.75, 3.05) is 0 Å². The molecular formula is C18H23N3O2. The Morgan fingerprint density at radius 1 is 1.30 bits per heavy atom. The molecule has 0 aliphatic heterocycles. The largest absolute Gasteiger partial charge is 0.351 e. The summed E-state index contributed by atoms with van der Waals surface area (Å²) >= 11 is 0. The Kier molecular flexibility index (Phi) is 4.46. The summed E-state index contributed by atoms with van der Waals surface area (Å²) in [6, 6.07) is 7.49. The smallest absolute Gasteiger partial charge is 0.275 e. The molecule has 5 heteroatoms. The van der Waals surface area contributed by atoms with E-state index in [1.807, 2.05) is 18.2 Å². The molecule has 122 valence electrons. The van der Waals surface area contributed by atoms with Crippen LogP contribution in [0.1, 0.15) is 33.1 Å². The van der Waals surface area contributed by atoms with Crippen LogP contribution in [0.15, 0.2) is 35.3 Å². The first-order valence-corrected chi connectivity index (χ1v) is 8.30. The molecule has 1 aliphatic carbocycles. The van der Waals surface area contributed by atoms with Gasteiger partial charge in [-0.3, -0.25) is 9.59 Å². The average molecular weight is 313 g/mol. The van der Waals surface area contributed by atoms with Crippen molar-refractivity contribution >= 4 is 16.7 Å². The van der Waals surface area contributed by atoms with E-state index >= 15 is 0 Å². The van der Waals surface area contributed by atoms with E-state index in [0.29, 0.717) is 17.2 Å². The van der Waals surface area contributed by atoms with Crippen LogP contribution in [0.4, 0.5) is 0 Å². The van der Waals surface area contributed by atoms with Crippen molar-refractivity contribution in [2.45, 2.75) is 45.7 Å². The maximum atomic E-state index is 12.4. The molecule has 3 unspecified atom stereocenters. The molecule has 5 nitrogen and oxygen atoms in total. The number of nitrogens with one attached hydrogen (secondary N) is 1. The summed E-state index contributed by atoms with van der Waals surface area (Å²) in [5.74, 6) is 0.949. The number of hydrogen-bond donors (Lipinski definition) is 1. The molecule has 2 aromatic rings. The Morgan fingerprint density at radius 3 is 2.91 bits per heavy atom. The van der Waals surface area contributed by atoms with Gasteiger partial charge in [0.15, 0.2) is 0 Å². The van der Waals surface area contributed by atoms with Crippen molar-refractivity contribution in [3.63, 3.8) is 0 Å². The number of aromatic nitrogens is 2. The van der Waals surface area contributed by atoms with Gasteiger partial charge in [0, 0.05) is 11.4 Å². The van der Waals surface area contributed by atoms with Crippen LogP contribution in [0.25, 0.3) is 10.8 Å². The zero-order valence-corrected chi connectivity index (χ0v) is 13.7. The van der Waals surface area contributed by atoms with Crippen molar-refractivity contribution in [3.05, 3.63) is 40.8 Å². The third kappa shape index (κ3) is 3.28. The Hall–Kier alpha value is -2.17. The number of rotatable bonds is 3. The summed E-state index contributed by atoms with van der Waals surface area (Å²) in [6.45, 7) is 4.40. The molecule has 0 spiro atoms. The highest BCUT2D eigenvalue weighted by Gasteiger charge is 2.28. The SMILES string of the molecule is CC1CCCC(NC(=O)Cn2ncc3ccccc3c2=O)C1C. The first kappa shape index (κ1) is 15.7. The van der Waals surface area contributed by atoms with Crippen LogP contribution < -0.4 is 10.9 Å². The van der Waals surface area contributed by atoms with E-state index in [-0.39, 0.29) is 24.1 Å². The molecule has 3 atom stereocenters. The van der Waals surface area contributed by atoms with Crippen LogP contribution in [-0.4, -0.2) is 21.7 Å². The normalized spacial score (nSPS) is 24.5. The lowest BCUT2D eigenvalue weighted by molar-refractivity contribution is -0.123. The van der Waals surface area contributed by atoms with Gasteiger partial charge in [-0.05, 0) is 24.3 Å². The van der Waals surface area contributed by atoms with Gasteiger partial charge in [0.2, 0.25) is 5.91 Å². The molecule has 1 aromatic carbocycles. The van der Waals surface area contributed by atoms with Gasteiger partial charge in [-0.2, -0.15) is 5.10 Å². The van der Waals surface area contributed by atoms with Crippen molar-refractivity contribution in [1.82, 2.24) is 15.1 Å². The summed E-state index contributed by atoms with van der Waals surface area (Å²) in [5, 5.41) is 8.59. The fraction of sp³-hybridized carbons (Fsp3) is 0.500. The summed E-state index contributed by atoms with van der Waals surface area (Å²) < 4.78 is 1.24. The van der Waals surface area contributed by atoms with Crippen LogP contribution in [0.2, 0.25) is 0 Å². The zero-order valence-electron chi connectivity index (χ0n) is 13.7. The van der Waals surface area contributed by atoms with Gasteiger partial charge >= 0.3 is 0 Å². The van der Waals surface area contributed by atoms with Crippen molar-refractivity contribution in [2.24, 2.45) is 11.8 Å². The molecule has 1 saturated carbocycles. The third-order valence-corrected chi connectivity index (χ3v) is 5.11. The van der Waals surface area contributed by atoms with Crippen molar-refractivity contribution in [3.8, 4) is 0 Å². The third-order valence-electron chi connectivity index (χ3n) is 5.11. The number of hydrogen-bond acceptors (Lipinski definition) is 3. The van der Waals surface area contributed by atoms with Gasteiger partial charge in [0.25, 0.3) is 5.56 Å². The first-order valence-electron chi connectivity index (χ1n) is 8.30. The van der Waals surface area contributed by atoms with E-state index in [2.05, 4.69) is 24.3 Å². The minimum Gasteiger partial charge on any atom is -0.351 e. The van der Waals surface area contributed by atoms with E-state index in [0.717, 1.165) is 18.2 Å². The van der Waals surface area contributed by atoms with Crippen molar-refractivity contribution < 1.29 is 4.79 Å². The minimum atomic E-state index is -0.219. The molecule has 23 heavy (non-hydrogen) atoms. The number of amides is 1. The number of nitrogens with zero attached hydrogens (tertiary/aromatic N) is 2. The Bertz CT molecular complexity index is 768. The molecular weight excluding hydrogens is 290 g/mol.